The maximum absolute atomic E-state index is 5.84. The van der Waals surface area contributed by atoms with Crippen molar-refractivity contribution in [1.82, 2.24) is 20.2 Å². The topological polar surface area (TPSA) is 80.5 Å². The number of nitrogens with two attached hydrogens (primary N) is 1. The molecule has 0 aliphatic heterocycles. The maximum atomic E-state index is 5.84. The summed E-state index contributed by atoms with van der Waals surface area (Å²) in [6, 6.07) is 0. The van der Waals surface area contributed by atoms with Crippen LogP contribution in [-0.2, 0) is 6.54 Å². The van der Waals surface area contributed by atoms with Crippen LogP contribution in [0.5, 0.6) is 0 Å². The predicted octanol–water partition coefficient (Wildman–Crippen LogP) is 1.59. The Kier molecular flexibility index (Phi) is 2.60. The van der Waals surface area contributed by atoms with Gasteiger partial charge >= 0.3 is 0 Å². The van der Waals surface area contributed by atoms with E-state index in [0.717, 1.165) is 17.0 Å². The summed E-state index contributed by atoms with van der Waals surface area (Å²) < 4.78 is 0. The Morgan fingerprint density at radius 1 is 1.35 bits per heavy atom. The van der Waals surface area contributed by atoms with Crippen LogP contribution in [-0.4, -0.2) is 20.2 Å². The average Bonchev–Trinajstić information content (AvgIpc) is 2.71. The van der Waals surface area contributed by atoms with Gasteiger partial charge < -0.3 is 5.73 Å². The van der Waals surface area contributed by atoms with E-state index in [1.165, 1.54) is 25.0 Å². The number of hydrogen-bond donors (Lipinski definition) is 2. The maximum Gasteiger partial charge on any atom is 0.117 e. The van der Waals surface area contributed by atoms with Crippen LogP contribution in [0.3, 0.4) is 0 Å². The van der Waals surface area contributed by atoms with E-state index < -0.39 is 0 Å². The first-order chi connectivity index (χ1) is 8.40. The first-order valence-electron chi connectivity index (χ1n) is 5.93. The van der Waals surface area contributed by atoms with E-state index in [4.69, 9.17) is 5.73 Å². The minimum absolute atomic E-state index is 0.494. The lowest BCUT2D eigenvalue weighted by atomic mass is 9.81. The first kappa shape index (κ1) is 10.4. The average molecular weight is 229 g/mol. The summed E-state index contributed by atoms with van der Waals surface area (Å²) in [5, 5.41) is 7.48. The standard InChI is InChI=1S/C12H15N5/c13-6-9-11(8-2-1-3-8)16-17-12(9)10-7-14-4-5-15-10/h4-5,7-8H,1-3,6,13H2,(H,16,17). The highest BCUT2D eigenvalue weighted by molar-refractivity contribution is 5.59. The predicted molar refractivity (Wildman–Crippen MR) is 64.1 cm³/mol. The van der Waals surface area contributed by atoms with Gasteiger partial charge in [0.05, 0.1) is 6.20 Å². The number of nitrogens with one attached hydrogen (secondary N) is 1. The molecule has 1 aliphatic carbocycles. The number of rotatable bonds is 3. The molecule has 0 bridgehead atoms. The highest BCUT2D eigenvalue weighted by Gasteiger charge is 2.26. The molecule has 0 radical (unpaired) electrons. The third-order valence-corrected chi connectivity index (χ3v) is 3.42. The third-order valence-electron chi connectivity index (χ3n) is 3.42. The number of hydrogen-bond acceptors (Lipinski definition) is 4. The number of aromatic nitrogens is 4. The lowest BCUT2D eigenvalue weighted by Gasteiger charge is -2.25. The van der Waals surface area contributed by atoms with Gasteiger partial charge in [0.25, 0.3) is 0 Å². The lowest BCUT2D eigenvalue weighted by Crippen LogP contribution is -2.13. The summed E-state index contributed by atoms with van der Waals surface area (Å²) in [5.41, 5.74) is 9.76. The van der Waals surface area contributed by atoms with Gasteiger partial charge in [-0.3, -0.25) is 15.1 Å². The van der Waals surface area contributed by atoms with Gasteiger partial charge in [0, 0.05) is 36.1 Å². The smallest absolute Gasteiger partial charge is 0.117 e. The number of H-pyrrole nitrogens is 1. The van der Waals surface area contributed by atoms with Crippen LogP contribution < -0.4 is 5.73 Å². The Bertz CT molecular complexity index is 501. The van der Waals surface area contributed by atoms with Crippen molar-refractivity contribution < 1.29 is 0 Å². The molecule has 17 heavy (non-hydrogen) atoms. The molecule has 2 aromatic rings. The van der Waals surface area contributed by atoms with Crippen LogP contribution in [0.15, 0.2) is 18.6 Å². The van der Waals surface area contributed by atoms with Crippen LogP contribution in [0.1, 0.15) is 36.4 Å². The summed E-state index contributed by atoms with van der Waals surface area (Å²) in [4.78, 5) is 8.34. The van der Waals surface area contributed by atoms with Crippen molar-refractivity contribution in [2.24, 2.45) is 5.73 Å². The highest BCUT2D eigenvalue weighted by Crippen LogP contribution is 2.38. The third kappa shape index (κ3) is 1.72. The van der Waals surface area contributed by atoms with Crippen molar-refractivity contribution in [3.8, 4) is 11.4 Å². The summed E-state index contributed by atoms with van der Waals surface area (Å²) in [6.45, 7) is 0.494. The van der Waals surface area contributed by atoms with E-state index >= 15 is 0 Å². The minimum atomic E-state index is 0.494. The van der Waals surface area contributed by atoms with Crippen molar-refractivity contribution in [3.05, 3.63) is 29.8 Å². The summed E-state index contributed by atoms with van der Waals surface area (Å²) in [5.74, 6) is 0.603. The lowest BCUT2D eigenvalue weighted by molar-refractivity contribution is 0.408. The largest absolute Gasteiger partial charge is 0.326 e. The van der Waals surface area contributed by atoms with E-state index in [1.54, 1.807) is 18.6 Å². The van der Waals surface area contributed by atoms with Crippen LogP contribution >= 0.6 is 0 Å². The van der Waals surface area contributed by atoms with Crippen LogP contribution in [0, 0.1) is 0 Å². The van der Waals surface area contributed by atoms with E-state index in [1.807, 2.05) is 0 Å². The summed E-state index contributed by atoms with van der Waals surface area (Å²) >= 11 is 0. The molecule has 1 fully saturated rings. The van der Waals surface area contributed by atoms with Crippen molar-refractivity contribution in [2.45, 2.75) is 31.7 Å². The summed E-state index contributed by atoms with van der Waals surface area (Å²) in [7, 11) is 0. The van der Waals surface area contributed by atoms with Gasteiger partial charge in [0.15, 0.2) is 0 Å². The molecule has 0 unspecified atom stereocenters. The Labute approximate surface area is 99.5 Å². The highest BCUT2D eigenvalue weighted by atomic mass is 15.1. The SMILES string of the molecule is NCc1c(-c2cnccn2)n[nH]c1C1CCC1. The van der Waals surface area contributed by atoms with Gasteiger partial charge in [0.2, 0.25) is 0 Å². The van der Waals surface area contributed by atoms with Crippen LogP contribution in [0.4, 0.5) is 0 Å². The van der Waals surface area contributed by atoms with Crippen molar-refractivity contribution >= 4 is 0 Å². The van der Waals surface area contributed by atoms with Gasteiger partial charge in [-0.05, 0) is 12.8 Å². The second kappa shape index (κ2) is 4.25. The molecule has 5 heteroatoms. The van der Waals surface area contributed by atoms with Crippen molar-refractivity contribution in [1.29, 1.82) is 0 Å². The fourth-order valence-electron chi connectivity index (χ4n) is 2.25. The van der Waals surface area contributed by atoms with Gasteiger partial charge in [-0.2, -0.15) is 5.10 Å². The van der Waals surface area contributed by atoms with E-state index in [0.29, 0.717) is 12.5 Å². The van der Waals surface area contributed by atoms with E-state index in [-0.39, 0.29) is 0 Å². The fraction of sp³-hybridized carbons (Fsp3) is 0.417. The monoisotopic (exact) mass is 229 g/mol. The normalized spacial score (nSPS) is 15.8. The van der Waals surface area contributed by atoms with Gasteiger partial charge in [-0.1, -0.05) is 6.42 Å². The quantitative estimate of drug-likeness (QED) is 0.837. The number of nitrogens with zero attached hydrogens (tertiary/aromatic N) is 3. The molecule has 0 amide bonds. The molecule has 0 aromatic carbocycles. The fourth-order valence-corrected chi connectivity index (χ4v) is 2.25. The zero-order chi connectivity index (χ0) is 11.7. The molecule has 2 aromatic heterocycles. The minimum Gasteiger partial charge on any atom is -0.326 e. The molecular weight excluding hydrogens is 214 g/mol. The molecule has 1 aliphatic rings. The molecule has 2 heterocycles. The van der Waals surface area contributed by atoms with Gasteiger partial charge in [-0.15, -0.1) is 0 Å². The molecule has 88 valence electrons. The Balaban J connectivity index is 2.02. The van der Waals surface area contributed by atoms with Crippen molar-refractivity contribution in [3.63, 3.8) is 0 Å². The second-order valence-corrected chi connectivity index (χ2v) is 4.39. The van der Waals surface area contributed by atoms with E-state index in [2.05, 4.69) is 20.2 Å². The molecule has 3 N–H and O–H groups in total. The van der Waals surface area contributed by atoms with E-state index in [9.17, 15) is 0 Å². The molecule has 0 saturated heterocycles. The molecule has 3 rings (SSSR count). The second-order valence-electron chi connectivity index (χ2n) is 4.39. The van der Waals surface area contributed by atoms with Crippen molar-refractivity contribution in [2.75, 3.05) is 0 Å². The number of aromatic amines is 1. The molecule has 5 nitrogen and oxygen atoms in total. The molecular formula is C12H15N5. The Morgan fingerprint density at radius 2 is 2.24 bits per heavy atom. The molecule has 0 atom stereocenters. The molecule has 1 saturated carbocycles. The summed E-state index contributed by atoms with van der Waals surface area (Å²) in [6.07, 6.45) is 8.82. The van der Waals surface area contributed by atoms with Gasteiger partial charge in [0.1, 0.15) is 11.4 Å². The zero-order valence-electron chi connectivity index (χ0n) is 9.56. The van der Waals surface area contributed by atoms with Crippen LogP contribution in [0.2, 0.25) is 0 Å². The van der Waals surface area contributed by atoms with Crippen LogP contribution in [0.25, 0.3) is 11.4 Å². The zero-order valence-corrected chi connectivity index (χ0v) is 9.56. The van der Waals surface area contributed by atoms with Gasteiger partial charge in [-0.25, -0.2) is 0 Å². The molecule has 0 spiro atoms. The first-order valence-corrected chi connectivity index (χ1v) is 5.93. The Hall–Kier alpha value is -1.75. The Morgan fingerprint density at radius 3 is 2.82 bits per heavy atom.